The molecule has 2 heteroatoms. The highest BCUT2D eigenvalue weighted by molar-refractivity contribution is 5.28. The average Bonchev–Trinajstić information content (AvgIpc) is 2.92. The molecule has 0 bridgehead atoms. The Hall–Kier alpha value is -3.20. The molecule has 0 aromatic heterocycles. The molecule has 2 atom stereocenters. The molecule has 0 aliphatic rings. The van der Waals surface area contributed by atoms with Crippen LogP contribution in [0.4, 0.5) is 0 Å². The average molecular weight is 464 g/mol. The number of benzene rings is 4. The monoisotopic (exact) mass is 463 g/mol. The molecule has 0 amide bonds. The number of hydrogen-bond acceptors (Lipinski definition) is 2. The fourth-order valence-electron chi connectivity index (χ4n) is 5.03. The van der Waals surface area contributed by atoms with Crippen LogP contribution < -0.4 is 0 Å². The van der Waals surface area contributed by atoms with E-state index < -0.39 is 5.60 Å². The molecule has 0 unspecified atom stereocenters. The maximum absolute atomic E-state index is 12.6. The first-order chi connectivity index (χ1) is 17.2. The zero-order valence-electron chi connectivity index (χ0n) is 20.8. The van der Waals surface area contributed by atoms with Gasteiger partial charge in [-0.25, -0.2) is 0 Å². The topological polar surface area (TPSA) is 23.5 Å². The second-order valence-corrected chi connectivity index (χ2v) is 9.48. The van der Waals surface area contributed by atoms with Gasteiger partial charge in [0.1, 0.15) is 5.60 Å². The summed E-state index contributed by atoms with van der Waals surface area (Å²) in [6.07, 6.45) is 3.52. The van der Waals surface area contributed by atoms with Crippen LogP contribution in [0.5, 0.6) is 0 Å². The summed E-state index contributed by atoms with van der Waals surface area (Å²) in [7, 11) is 0. The Morgan fingerprint density at radius 2 is 1.06 bits per heavy atom. The summed E-state index contributed by atoms with van der Waals surface area (Å²) in [5, 5.41) is 12.6. The maximum Gasteiger partial charge on any atom is 0.105 e. The van der Waals surface area contributed by atoms with Crippen molar-refractivity contribution in [2.75, 3.05) is 0 Å². The lowest BCUT2D eigenvalue weighted by atomic mass is 9.78. The summed E-state index contributed by atoms with van der Waals surface area (Å²) in [5.41, 5.74) is 3.78. The standard InChI is InChI=1S/C33H37NO/c1-2-3-24-33(35,31-22-14-7-15-23-31)32(25-28-16-8-4-9-17-28)34(26-29-18-10-5-11-19-29)27-30-20-12-6-13-21-30/h4-23,32,35H,2-3,24-27H2,1H3/t32-,33-/m0/s1. The third kappa shape index (κ3) is 6.69. The molecule has 0 heterocycles. The molecule has 4 aromatic rings. The highest BCUT2D eigenvalue weighted by Gasteiger charge is 2.41. The van der Waals surface area contributed by atoms with Crippen LogP contribution in [0.15, 0.2) is 121 Å². The van der Waals surface area contributed by atoms with Crippen molar-refractivity contribution < 1.29 is 5.11 Å². The lowest BCUT2D eigenvalue weighted by Crippen LogP contribution is -2.51. The molecule has 0 saturated heterocycles. The number of nitrogens with zero attached hydrogens (tertiary/aromatic N) is 1. The van der Waals surface area contributed by atoms with Gasteiger partial charge in [0.15, 0.2) is 0 Å². The minimum absolute atomic E-state index is 0.0979. The Balaban J connectivity index is 1.81. The van der Waals surface area contributed by atoms with Gasteiger partial charge in [-0.15, -0.1) is 0 Å². The lowest BCUT2D eigenvalue weighted by molar-refractivity contribution is -0.0673. The fraction of sp³-hybridized carbons (Fsp3) is 0.273. The van der Waals surface area contributed by atoms with Gasteiger partial charge < -0.3 is 5.11 Å². The van der Waals surface area contributed by atoms with E-state index in [1.807, 2.05) is 18.2 Å². The third-order valence-electron chi connectivity index (χ3n) is 6.91. The van der Waals surface area contributed by atoms with Gasteiger partial charge in [0, 0.05) is 19.1 Å². The van der Waals surface area contributed by atoms with Crippen LogP contribution in [0.3, 0.4) is 0 Å². The maximum atomic E-state index is 12.6. The Bertz CT molecular complexity index is 1070. The highest BCUT2D eigenvalue weighted by Crippen LogP contribution is 2.37. The molecule has 0 aliphatic heterocycles. The van der Waals surface area contributed by atoms with Gasteiger partial charge in [0.2, 0.25) is 0 Å². The quantitative estimate of drug-likeness (QED) is 0.237. The predicted molar refractivity (Wildman–Crippen MR) is 146 cm³/mol. The summed E-state index contributed by atoms with van der Waals surface area (Å²) in [5.74, 6) is 0. The molecule has 0 fully saturated rings. The number of rotatable bonds is 12. The molecule has 0 saturated carbocycles. The fourth-order valence-corrected chi connectivity index (χ4v) is 5.03. The van der Waals surface area contributed by atoms with Gasteiger partial charge >= 0.3 is 0 Å². The van der Waals surface area contributed by atoms with Gasteiger partial charge in [-0.3, -0.25) is 4.90 Å². The normalized spacial score (nSPS) is 13.9. The molecular formula is C33H37NO. The molecule has 0 radical (unpaired) electrons. The first kappa shape index (κ1) is 24.9. The van der Waals surface area contributed by atoms with E-state index in [4.69, 9.17) is 0 Å². The molecule has 4 aromatic carbocycles. The summed E-state index contributed by atoms with van der Waals surface area (Å²) in [4.78, 5) is 2.49. The number of unbranched alkanes of at least 4 members (excludes halogenated alkanes) is 1. The zero-order valence-corrected chi connectivity index (χ0v) is 20.8. The Kier molecular flexibility index (Phi) is 8.89. The van der Waals surface area contributed by atoms with E-state index in [1.165, 1.54) is 16.7 Å². The van der Waals surface area contributed by atoms with Crippen molar-refractivity contribution in [3.63, 3.8) is 0 Å². The largest absolute Gasteiger partial charge is 0.384 e. The predicted octanol–water partition coefficient (Wildman–Crippen LogP) is 7.38. The Morgan fingerprint density at radius 1 is 0.629 bits per heavy atom. The van der Waals surface area contributed by atoms with E-state index in [0.29, 0.717) is 0 Å². The van der Waals surface area contributed by atoms with E-state index in [0.717, 1.165) is 44.3 Å². The number of aliphatic hydroxyl groups is 1. The van der Waals surface area contributed by atoms with E-state index in [1.54, 1.807) is 0 Å². The zero-order chi connectivity index (χ0) is 24.3. The van der Waals surface area contributed by atoms with Crippen LogP contribution in [-0.4, -0.2) is 16.0 Å². The summed E-state index contributed by atoms with van der Waals surface area (Å²) in [6.45, 7) is 3.74. The van der Waals surface area contributed by atoms with Crippen molar-refractivity contribution in [3.8, 4) is 0 Å². The molecule has 0 spiro atoms. The van der Waals surface area contributed by atoms with Crippen LogP contribution in [0.2, 0.25) is 0 Å². The Morgan fingerprint density at radius 3 is 1.51 bits per heavy atom. The van der Waals surface area contributed by atoms with Crippen molar-refractivity contribution >= 4 is 0 Å². The van der Waals surface area contributed by atoms with Crippen LogP contribution in [0, 0.1) is 0 Å². The summed E-state index contributed by atoms with van der Waals surface area (Å²) < 4.78 is 0. The van der Waals surface area contributed by atoms with E-state index in [-0.39, 0.29) is 6.04 Å². The number of hydrogen-bond donors (Lipinski definition) is 1. The summed E-state index contributed by atoms with van der Waals surface area (Å²) in [6, 6.07) is 42.1. The molecule has 2 nitrogen and oxygen atoms in total. The van der Waals surface area contributed by atoms with Gasteiger partial charge in [-0.05, 0) is 35.1 Å². The first-order valence-electron chi connectivity index (χ1n) is 12.8. The van der Waals surface area contributed by atoms with Gasteiger partial charge in [-0.2, -0.15) is 0 Å². The van der Waals surface area contributed by atoms with Gasteiger partial charge in [-0.1, -0.05) is 141 Å². The van der Waals surface area contributed by atoms with E-state index >= 15 is 0 Å². The molecular weight excluding hydrogens is 426 g/mol. The first-order valence-corrected chi connectivity index (χ1v) is 12.8. The molecule has 0 aliphatic carbocycles. The van der Waals surface area contributed by atoms with Gasteiger partial charge in [0.25, 0.3) is 0 Å². The molecule has 35 heavy (non-hydrogen) atoms. The van der Waals surface area contributed by atoms with Crippen LogP contribution in [0.25, 0.3) is 0 Å². The lowest BCUT2D eigenvalue weighted by Gasteiger charge is -2.44. The minimum Gasteiger partial charge on any atom is -0.384 e. The van der Waals surface area contributed by atoms with Crippen LogP contribution >= 0.6 is 0 Å². The van der Waals surface area contributed by atoms with Crippen molar-refractivity contribution in [2.24, 2.45) is 0 Å². The van der Waals surface area contributed by atoms with Crippen molar-refractivity contribution in [2.45, 2.75) is 57.3 Å². The molecule has 1 N–H and O–H groups in total. The molecule has 180 valence electrons. The van der Waals surface area contributed by atoms with Gasteiger partial charge in [0.05, 0.1) is 0 Å². The third-order valence-corrected chi connectivity index (χ3v) is 6.91. The van der Waals surface area contributed by atoms with Crippen LogP contribution in [0.1, 0.15) is 48.4 Å². The van der Waals surface area contributed by atoms with Crippen molar-refractivity contribution in [1.82, 2.24) is 4.90 Å². The second kappa shape index (κ2) is 12.5. The van der Waals surface area contributed by atoms with Crippen molar-refractivity contribution in [3.05, 3.63) is 144 Å². The SMILES string of the molecule is CCCC[C@](O)(c1ccccc1)[C@H](Cc1ccccc1)N(Cc1ccccc1)Cc1ccccc1. The molecule has 4 rings (SSSR count). The summed E-state index contributed by atoms with van der Waals surface area (Å²) >= 11 is 0. The van der Waals surface area contributed by atoms with E-state index in [9.17, 15) is 5.11 Å². The smallest absolute Gasteiger partial charge is 0.105 e. The van der Waals surface area contributed by atoms with Crippen molar-refractivity contribution in [1.29, 1.82) is 0 Å². The van der Waals surface area contributed by atoms with Crippen LogP contribution in [-0.2, 0) is 25.1 Å². The minimum atomic E-state index is -0.976. The van der Waals surface area contributed by atoms with E-state index in [2.05, 4.69) is 115 Å². The Labute approximate surface area is 210 Å². The highest BCUT2D eigenvalue weighted by atomic mass is 16.3. The second-order valence-electron chi connectivity index (χ2n) is 9.48.